The largest absolute Gasteiger partial charge is 0.379 e. The zero-order valence-corrected chi connectivity index (χ0v) is 22.1. The molecule has 1 aromatic heterocycles. The molecule has 1 aliphatic heterocycles. The Morgan fingerprint density at radius 3 is 2.61 bits per heavy atom. The van der Waals surface area contributed by atoms with E-state index < -0.39 is 5.09 Å². The number of benzene rings is 2. The van der Waals surface area contributed by atoms with E-state index in [1.807, 2.05) is 36.2 Å². The summed E-state index contributed by atoms with van der Waals surface area (Å²) in [6.07, 6.45) is 0.774. The van der Waals surface area contributed by atoms with Gasteiger partial charge in [0.2, 0.25) is 0 Å². The molecule has 3 aromatic rings. The SMILES string of the molecule is CCc1c(C(=O)NN2CCOCC2)nn(-c2ccc(Cl)cc2Cl)c1-c1ccc(C#CCCO[N+](=O)[O-])cc1. The highest BCUT2D eigenvalue weighted by Crippen LogP contribution is 2.33. The molecule has 0 aliphatic carbocycles. The van der Waals surface area contributed by atoms with Crippen molar-refractivity contribution in [3.8, 4) is 28.8 Å². The third-order valence-corrected chi connectivity index (χ3v) is 6.31. The van der Waals surface area contributed by atoms with Crippen molar-refractivity contribution in [3.63, 3.8) is 0 Å². The Hall–Kier alpha value is -3.62. The summed E-state index contributed by atoms with van der Waals surface area (Å²) in [6, 6.07) is 12.6. The number of carbonyl (C=O) groups excluding carboxylic acids is 1. The second kappa shape index (κ2) is 12.8. The number of hydrogen-bond donors (Lipinski definition) is 1. The van der Waals surface area contributed by atoms with Crippen LogP contribution < -0.4 is 5.43 Å². The summed E-state index contributed by atoms with van der Waals surface area (Å²) in [6.45, 7) is 4.13. The van der Waals surface area contributed by atoms with Gasteiger partial charge in [0.15, 0.2) is 5.69 Å². The van der Waals surface area contributed by atoms with Gasteiger partial charge in [0.05, 0.1) is 29.6 Å². The van der Waals surface area contributed by atoms with Crippen molar-refractivity contribution in [2.75, 3.05) is 32.9 Å². The van der Waals surface area contributed by atoms with Gasteiger partial charge in [-0.3, -0.25) is 10.2 Å². The summed E-state index contributed by atoms with van der Waals surface area (Å²) in [5.74, 6) is 5.51. The lowest BCUT2D eigenvalue weighted by Gasteiger charge is -2.26. The first kappa shape index (κ1) is 27.4. The molecule has 0 spiro atoms. The maximum absolute atomic E-state index is 13.3. The molecule has 12 heteroatoms. The maximum atomic E-state index is 13.3. The van der Waals surface area contributed by atoms with Crippen LogP contribution in [-0.4, -0.2) is 58.7 Å². The van der Waals surface area contributed by atoms with Gasteiger partial charge < -0.3 is 9.57 Å². The number of aromatic nitrogens is 2. The highest BCUT2D eigenvalue weighted by molar-refractivity contribution is 6.35. The van der Waals surface area contributed by atoms with Crippen molar-refractivity contribution in [3.05, 3.63) is 79.4 Å². The number of hydrazine groups is 1. The van der Waals surface area contributed by atoms with Crippen LogP contribution in [0, 0.1) is 22.0 Å². The summed E-state index contributed by atoms with van der Waals surface area (Å²) in [5, 5.41) is 16.8. The van der Waals surface area contributed by atoms with Crippen LogP contribution in [0.25, 0.3) is 16.9 Å². The molecule has 1 amide bonds. The summed E-state index contributed by atoms with van der Waals surface area (Å²) in [7, 11) is 0. The third-order valence-electron chi connectivity index (χ3n) is 5.78. The molecule has 1 saturated heterocycles. The topological polar surface area (TPSA) is 112 Å². The molecule has 0 saturated carbocycles. The lowest BCUT2D eigenvalue weighted by atomic mass is 10.0. The molecule has 4 rings (SSSR count). The van der Waals surface area contributed by atoms with Crippen LogP contribution in [0.1, 0.15) is 35.0 Å². The second-order valence-electron chi connectivity index (χ2n) is 8.26. The summed E-state index contributed by atoms with van der Waals surface area (Å²) in [5.41, 5.74) is 6.85. The molecule has 1 aliphatic rings. The van der Waals surface area contributed by atoms with Crippen molar-refractivity contribution >= 4 is 29.1 Å². The number of carbonyl (C=O) groups is 1. The van der Waals surface area contributed by atoms with Gasteiger partial charge in [-0.15, -0.1) is 10.1 Å². The third kappa shape index (κ3) is 6.62. The van der Waals surface area contributed by atoms with Gasteiger partial charge in [0, 0.05) is 41.2 Å². The number of rotatable bonds is 8. The van der Waals surface area contributed by atoms with Gasteiger partial charge in [-0.25, -0.2) is 9.69 Å². The van der Waals surface area contributed by atoms with Crippen molar-refractivity contribution < 1.29 is 19.5 Å². The molecule has 198 valence electrons. The molecule has 0 radical (unpaired) electrons. The van der Waals surface area contributed by atoms with Gasteiger partial charge in [-0.05, 0) is 36.8 Å². The van der Waals surface area contributed by atoms with Crippen LogP contribution in [0.3, 0.4) is 0 Å². The number of morpholine rings is 1. The Kier molecular flexibility index (Phi) is 9.20. The predicted molar refractivity (Wildman–Crippen MR) is 143 cm³/mol. The Labute approximate surface area is 229 Å². The van der Waals surface area contributed by atoms with Crippen LogP contribution in [0.5, 0.6) is 0 Å². The normalized spacial score (nSPS) is 13.4. The molecule has 2 aromatic carbocycles. The van der Waals surface area contributed by atoms with Crippen molar-refractivity contribution in [2.24, 2.45) is 0 Å². The number of nitrogens with zero attached hydrogens (tertiary/aromatic N) is 4. The Balaban J connectivity index is 1.71. The minimum absolute atomic E-state index is 0.0890. The van der Waals surface area contributed by atoms with E-state index in [1.165, 1.54) is 0 Å². The Morgan fingerprint density at radius 2 is 1.95 bits per heavy atom. The molecule has 0 atom stereocenters. The first-order valence-corrected chi connectivity index (χ1v) is 12.7. The summed E-state index contributed by atoms with van der Waals surface area (Å²) >= 11 is 12.7. The van der Waals surface area contributed by atoms with Crippen LogP contribution in [0.2, 0.25) is 10.0 Å². The van der Waals surface area contributed by atoms with E-state index in [0.717, 1.165) is 22.4 Å². The average molecular weight is 558 g/mol. The van der Waals surface area contributed by atoms with Gasteiger partial charge in [0.1, 0.15) is 6.61 Å². The first-order valence-electron chi connectivity index (χ1n) is 11.9. The number of ether oxygens (including phenoxy) is 1. The van der Waals surface area contributed by atoms with Gasteiger partial charge in [-0.2, -0.15) is 5.10 Å². The summed E-state index contributed by atoms with van der Waals surface area (Å²) < 4.78 is 7.04. The van der Waals surface area contributed by atoms with Crippen LogP contribution in [0.15, 0.2) is 42.5 Å². The molecule has 2 heterocycles. The van der Waals surface area contributed by atoms with Gasteiger partial charge >= 0.3 is 0 Å². The molecule has 10 nitrogen and oxygen atoms in total. The highest BCUT2D eigenvalue weighted by atomic mass is 35.5. The van der Waals surface area contributed by atoms with E-state index in [-0.39, 0.29) is 18.9 Å². The van der Waals surface area contributed by atoms with Gasteiger partial charge in [0.25, 0.3) is 11.0 Å². The van der Waals surface area contributed by atoms with Crippen LogP contribution >= 0.6 is 23.2 Å². The average Bonchev–Trinajstić information content (AvgIpc) is 3.29. The van der Waals surface area contributed by atoms with Crippen LogP contribution in [0.4, 0.5) is 0 Å². The zero-order chi connectivity index (χ0) is 27.1. The Morgan fingerprint density at radius 1 is 1.21 bits per heavy atom. The van der Waals surface area contributed by atoms with Crippen molar-refractivity contribution in [1.29, 1.82) is 0 Å². The number of hydrogen-bond acceptors (Lipinski definition) is 7. The maximum Gasteiger partial charge on any atom is 0.294 e. The predicted octanol–water partition coefficient (Wildman–Crippen LogP) is 4.34. The lowest BCUT2D eigenvalue weighted by molar-refractivity contribution is -0.757. The molecule has 1 N–H and O–H groups in total. The number of amides is 1. The minimum atomic E-state index is -0.840. The van der Waals surface area contributed by atoms with Crippen LogP contribution in [-0.2, 0) is 16.0 Å². The minimum Gasteiger partial charge on any atom is -0.379 e. The van der Waals surface area contributed by atoms with Gasteiger partial charge in [-0.1, -0.05) is 54.1 Å². The number of halogens is 2. The first-order chi connectivity index (χ1) is 18.4. The highest BCUT2D eigenvalue weighted by Gasteiger charge is 2.26. The van der Waals surface area contributed by atoms with E-state index in [0.29, 0.717) is 54.2 Å². The fourth-order valence-electron chi connectivity index (χ4n) is 4.01. The zero-order valence-electron chi connectivity index (χ0n) is 20.6. The fourth-order valence-corrected chi connectivity index (χ4v) is 4.50. The Bertz CT molecular complexity index is 1380. The quantitative estimate of drug-likeness (QED) is 0.190. The second-order valence-corrected chi connectivity index (χ2v) is 9.11. The molecule has 0 unspecified atom stereocenters. The lowest BCUT2D eigenvalue weighted by Crippen LogP contribution is -2.48. The molecular formula is C26H25Cl2N5O5. The van der Waals surface area contributed by atoms with E-state index in [1.54, 1.807) is 22.9 Å². The molecule has 1 fully saturated rings. The summed E-state index contributed by atoms with van der Waals surface area (Å²) in [4.78, 5) is 27.9. The van der Waals surface area contributed by atoms with E-state index >= 15 is 0 Å². The monoisotopic (exact) mass is 557 g/mol. The van der Waals surface area contributed by atoms with Crippen molar-refractivity contribution in [2.45, 2.75) is 19.8 Å². The standard InChI is InChI=1S/C26H25Cl2N5O5/c1-2-21-24(26(34)30-31-12-15-37-16-13-31)29-32(23-11-10-20(27)17-22(23)28)25(21)19-8-6-18(7-9-19)5-3-4-14-38-33(35)36/h6-11,17H,2,4,12-16H2,1H3,(H,30,34). The molecular weight excluding hydrogens is 533 g/mol. The molecule has 38 heavy (non-hydrogen) atoms. The van der Waals surface area contributed by atoms with Crippen molar-refractivity contribution in [1.82, 2.24) is 20.2 Å². The number of nitrogens with one attached hydrogen (secondary N) is 1. The fraction of sp³-hybridized carbons (Fsp3) is 0.308. The molecule has 0 bridgehead atoms. The van der Waals surface area contributed by atoms with E-state index in [4.69, 9.17) is 33.0 Å². The van der Waals surface area contributed by atoms with E-state index in [9.17, 15) is 14.9 Å². The smallest absolute Gasteiger partial charge is 0.294 e. The van der Waals surface area contributed by atoms with E-state index in [2.05, 4.69) is 22.1 Å².